The summed E-state index contributed by atoms with van der Waals surface area (Å²) in [7, 11) is 3.57. The summed E-state index contributed by atoms with van der Waals surface area (Å²) in [4.78, 5) is 72.1. The van der Waals surface area contributed by atoms with Crippen molar-refractivity contribution in [1.82, 2.24) is 45.2 Å². The van der Waals surface area contributed by atoms with Gasteiger partial charge in [-0.05, 0) is 120 Å². The zero-order valence-electron chi connectivity index (χ0n) is 45.7. The highest BCUT2D eigenvalue weighted by molar-refractivity contribution is 5.90. The molecule has 3 fully saturated rings. The molecule has 5 aliphatic rings. The minimum atomic E-state index is -0.572. The maximum absolute atomic E-state index is 12.9. The lowest BCUT2D eigenvalue weighted by atomic mass is 9.72. The van der Waals surface area contributed by atoms with E-state index >= 15 is 0 Å². The van der Waals surface area contributed by atoms with Gasteiger partial charge < -0.3 is 56.7 Å². The minimum absolute atomic E-state index is 0.0948. The molecule has 1 unspecified atom stereocenters. The smallest absolute Gasteiger partial charge is 0.408 e. The maximum atomic E-state index is 12.9. The molecule has 6 aromatic rings. The monoisotopic (exact) mass is 1070 g/mol. The molecule has 4 aromatic heterocycles. The number of primary amides is 2. The number of likely N-dealkylation sites (N-methyl/N-ethyl adjacent to an activating group) is 2. The van der Waals surface area contributed by atoms with Crippen LogP contribution in [0.5, 0.6) is 0 Å². The number of nitrogens with one attached hydrogen (secondary N) is 2. The molecule has 5 atom stereocenters. The van der Waals surface area contributed by atoms with Crippen molar-refractivity contribution in [1.29, 1.82) is 0 Å². The van der Waals surface area contributed by atoms with Gasteiger partial charge in [-0.2, -0.15) is 5.10 Å². The highest BCUT2D eigenvalue weighted by Gasteiger charge is 2.49. The number of carbonyl (C=O) groups is 4. The molecule has 11 rings (SSSR count). The van der Waals surface area contributed by atoms with E-state index in [4.69, 9.17) is 56.6 Å². The van der Waals surface area contributed by atoms with Crippen LogP contribution in [0.4, 0.5) is 28.1 Å². The molecule has 3 amide bonds. The third-order valence-electron chi connectivity index (χ3n) is 16.6. The average molecular weight is 1070 g/mol. The van der Waals surface area contributed by atoms with Gasteiger partial charge in [0.2, 0.25) is 11.8 Å². The van der Waals surface area contributed by atoms with Crippen LogP contribution in [0, 0.1) is 10.8 Å². The van der Waals surface area contributed by atoms with Crippen LogP contribution in [0.3, 0.4) is 0 Å². The molecule has 23 nitrogen and oxygen atoms in total. The number of carbonyl (C=O) groups excluding carboxylic acids is 3. The standard InChI is InChI=1S/C32H44N8O4.C22H28N8O.CH2O2/c1-20(27(33)41)38(5)29-25-28(40(37-29)24-12-8-9-17-43-24)35-23(19-34-25)39-15-13-32(14-16-39)18-21-10-6-7-11-22(21)26(32)36-30(42)44-31(2,3)4;1-13(19(24)31)29(2)21-17-20(27-28-21)26-16(12-25-17)30-9-7-22(8-10-30)11-14-5-3-4-6-15(14)18(22)23;2-1-3/h6-7,10-11,19-20,24,26H,8-9,12-18H2,1-5H3,(H2,33,41)(H,36,42);3-6,12-13,18H,7-11,23H2,1-2H3,(H2,24,31)(H,26,27,28);1H,(H,2,3)/t20-,24?,26+;13-,18+;/m00./s1. The molecular weight excluding hydrogens is 997 g/mol. The second-order valence-corrected chi connectivity index (χ2v) is 22.5. The predicted molar refractivity (Wildman–Crippen MR) is 296 cm³/mol. The number of piperidine rings is 2. The largest absolute Gasteiger partial charge is 0.483 e. The first-order valence-electron chi connectivity index (χ1n) is 26.9. The van der Waals surface area contributed by atoms with Crippen LogP contribution in [0.2, 0.25) is 0 Å². The number of ether oxygens (including phenoxy) is 2. The van der Waals surface area contributed by atoms with E-state index < -0.39 is 29.5 Å². The number of aromatic nitrogens is 8. The van der Waals surface area contributed by atoms with Crippen LogP contribution >= 0.6 is 0 Å². The van der Waals surface area contributed by atoms with E-state index in [2.05, 4.69) is 72.8 Å². The molecule has 2 spiro atoms. The molecule has 9 N–H and O–H groups in total. The number of carboxylic acid groups (broad SMARTS) is 1. The summed E-state index contributed by atoms with van der Waals surface area (Å²) in [5, 5.41) is 22.2. The second-order valence-electron chi connectivity index (χ2n) is 22.5. The number of fused-ring (bicyclic) bond motifs is 4. The molecule has 78 heavy (non-hydrogen) atoms. The lowest BCUT2D eigenvalue weighted by Gasteiger charge is -2.43. The molecule has 0 bridgehead atoms. The van der Waals surface area contributed by atoms with Crippen molar-refractivity contribution in [3.8, 4) is 0 Å². The third-order valence-corrected chi connectivity index (χ3v) is 16.6. The summed E-state index contributed by atoms with van der Waals surface area (Å²) in [5.74, 6) is 1.85. The highest BCUT2D eigenvalue weighted by Crippen LogP contribution is 2.53. The fourth-order valence-corrected chi connectivity index (χ4v) is 11.9. The molecule has 7 heterocycles. The zero-order chi connectivity index (χ0) is 55.7. The van der Waals surface area contributed by atoms with Crippen LogP contribution in [0.15, 0.2) is 60.9 Å². The molecule has 2 aromatic carbocycles. The number of nitrogens with zero attached hydrogens (tertiary/aromatic N) is 11. The number of hydrogen-bond donors (Lipinski definition) is 6. The van der Waals surface area contributed by atoms with E-state index in [0.29, 0.717) is 40.6 Å². The Morgan fingerprint density at radius 1 is 0.821 bits per heavy atom. The lowest BCUT2D eigenvalue weighted by molar-refractivity contribution is -0.123. The predicted octanol–water partition coefficient (Wildman–Crippen LogP) is 5.45. The number of alkyl carbamates (subject to hydrolysis) is 1. The van der Waals surface area contributed by atoms with Crippen molar-refractivity contribution in [3.63, 3.8) is 0 Å². The van der Waals surface area contributed by atoms with E-state index in [-0.39, 0.29) is 41.7 Å². The molecule has 3 saturated heterocycles. The summed E-state index contributed by atoms with van der Waals surface area (Å²) < 4.78 is 13.6. The van der Waals surface area contributed by atoms with Crippen molar-refractivity contribution in [2.45, 2.75) is 128 Å². The van der Waals surface area contributed by atoms with Gasteiger partial charge in [0, 0.05) is 58.3 Å². The Labute approximate surface area is 453 Å². The summed E-state index contributed by atoms with van der Waals surface area (Å²) in [6, 6.07) is 15.9. The maximum Gasteiger partial charge on any atom is 0.408 e. The van der Waals surface area contributed by atoms with E-state index in [1.165, 1.54) is 22.3 Å². The number of anilines is 4. The summed E-state index contributed by atoms with van der Waals surface area (Å²) >= 11 is 0. The molecule has 3 aliphatic heterocycles. The highest BCUT2D eigenvalue weighted by atomic mass is 16.6. The van der Waals surface area contributed by atoms with Gasteiger partial charge >= 0.3 is 6.09 Å². The fraction of sp³-hybridized carbons (Fsp3) is 0.527. The number of H-pyrrole nitrogens is 1. The summed E-state index contributed by atoms with van der Waals surface area (Å²) in [5.41, 5.74) is 24.8. The van der Waals surface area contributed by atoms with E-state index in [0.717, 1.165) is 95.6 Å². The Kier molecular flexibility index (Phi) is 15.8. The van der Waals surface area contributed by atoms with E-state index in [1.54, 1.807) is 50.1 Å². The van der Waals surface area contributed by atoms with Crippen LogP contribution in [-0.2, 0) is 36.7 Å². The number of amides is 3. The Balaban J connectivity index is 0.000000190. The van der Waals surface area contributed by atoms with Gasteiger partial charge in [-0.1, -0.05) is 48.5 Å². The van der Waals surface area contributed by atoms with Gasteiger partial charge in [0.05, 0.1) is 18.4 Å². The topological polar surface area (TPSA) is 308 Å². The average Bonchev–Trinajstić information content (AvgIpc) is 4.27. The van der Waals surface area contributed by atoms with Crippen LogP contribution in [-0.4, -0.2) is 134 Å². The van der Waals surface area contributed by atoms with Gasteiger partial charge in [0.1, 0.15) is 29.3 Å². The van der Waals surface area contributed by atoms with Gasteiger partial charge in [-0.15, -0.1) is 5.10 Å². The van der Waals surface area contributed by atoms with Gasteiger partial charge in [-0.3, -0.25) is 19.5 Å². The van der Waals surface area contributed by atoms with Gasteiger partial charge in [0.25, 0.3) is 6.47 Å². The second kappa shape index (κ2) is 22.4. The van der Waals surface area contributed by atoms with Crippen molar-refractivity contribution < 1.29 is 33.8 Å². The zero-order valence-corrected chi connectivity index (χ0v) is 45.7. The van der Waals surface area contributed by atoms with Crippen LogP contribution < -0.4 is 42.1 Å². The third kappa shape index (κ3) is 10.9. The van der Waals surface area contributed by atoms with Gasteiger partial charge in [0.15, 0.2) is 40.2 Å². The van der Waals surface area contributed by atoms with Crippen LogP contribution in [0.25, 0.3) is 22.3 Å². The van der Waals surface area contributed by atoms with Crippen molar-refractivity contribution in [2.24, 2.45) is 28.0 Å². The Bertz CT molecular complexity index is 3130. The van der Waals surface area contributed by atoms with E-state index in [9.17, 15) is 14.4 Å². The number of rotatable bonds is 10. The molecule has 0 saturated carbocycles. The normalized spacial score (nSPS) is 20.8. The summed E-state index contributed by atoms with van der Waals surface area (Å²) in [6.45, 7) is 12.9. The van der Waals surface area contributed by atoms with Crippen LogP contribution in [0.1, 0.15) is 120 Å². The first-order valence-corrected chi connectivity index (χ1v) is 26.9. The molecule has 416 valence electrons. The molecule has 2 aliphatic carbocycles. The number of nitrogens with two attached hydrogens (primary N) is 3. The number of hydrogen-bond acceptors (Lipinski definition) is 17. The van der Waals surface area contributed by atoms with E-state index in [1.807, 2.05) is 31.5 Å². The SMILES string of the molecule is C[C@@H](C(N)=O)N(C)c1n[nH]c2nc(N3CCC4(CC3)Cc3ccccc3[C@H]4N)cnc12.C[C@@H](C(N)=O)N(C)c1nn(C2CCCCO2)c2nc(N3CCC4(CC3)Cc3ccccc3[C@H]4NC(=O)OC(C)(C)C)cnc12.O=CO. The first-order chi connectivity index (χ1) is 37.3. The molecule has 0 radical (unpaired) electrons. The fourth-order valence-electron chi connectivity index (χ4n) is 11.9. The lowest BCUT2D eigenvalue weighted by Crippen LogP contribution is -2.48. The van der Waals surface area contributed by atoms with Crippen molar-refractivity contribution in [2.75, 3.05) is 66.5 Å². The number of benzene rings is 2. The Morgan fingerprint density at radius 3 is 1.94 bits per heavy atom. The Morgan fingerprint density at radius 2 is 1.36 bits per heavy atom. The Hall–Kier alpha value is -7.66. The quantitative estimate of drug-likeness (QED) is 0.0929. The summed E-state index contributed by atoms with van der Waals surface area (Å²) in [6.07, 6.45) is 11.6. The molecule has 23 heteroatoms. The van der Waals surface area contributed by atoms with Gasteiger partial charge in [-0.25, -0.2) is 29.4 Å². The van der Waals surface area contributed by atoms with Crippen molar-refractivity contribution in [3.05, 3.63) is 83.2 Å². The van der Waals surface area contributed by atoms with Crippen molar-refractivity contribution >= 4 is 70.0 Å². The minimum Gasteiger partial charge on any atom is -0.483 e. The first kappa shape index (κ1) is 55.1. The molecular formula is C55H74N16O7. The number of aromatic amines is 1.